The molecule has 0 spiro atoms. The van der Waals surface area contributed by atoms with Crippen molar-refractivity contribution < 1.29 is 14.0 Å². The Balaban J connectivity index is 1.69. The normalized spacial score (nSPS) is 10.3. The molecule has 2 amide bonds. The largest absolute Gasteiger partial charge is 0.467 e. The van der Waals surface area contributed by atoms with Gasteiger partial charge in [-0.2, -0.15) is 0 Å². The molecule has 8 nitrogen and oxygen atoms in total. The molecule has 0 aromatic carbocycles. The molecular formula is C13H17N5O3S2. The van der Waals surface area contributed by atoms with Gasteiger partial charge in [-0.3, -0.25) is 9.59 Å². The first kappa shape index (κ1) is 17.3. The lowest BCUT2D eigenvalue weighted by Gasteiger charge is -2.10. The van der Waals surface area contributed by atoms with Gasteiger partial charge >= 0.3 is 0 Å². The Hall–Kier alpha value is -2.07. The van der Waals surface area contributed by atoms with Gasteiger partial charge in [-0.25, -0.2) is 0 Å². The Morgan fingerprint density at radius 1 is 1.39 bits per heavy atom. The van der Waals surface area contributed by atoms with E-state index in [0.29, 0.717) is 16.0 Å². The Morgan fingerprint density at radius 2 is 2.22 bits per heavy atom. The molecule has 0 bridgehead atoms. The Labute approximate surface area is 141 Å². The van der Waals surface area contributed by atoms with Gasteiger partial charge in [0.1, 0.15) is 5.76 Å². The molecule has 2 rings (SSSR count). The highest BCUT2D eigenvalue weighted by atomic mass is 32.2. The van der Waals surface area contributed by atoms with E-state index in [1.165, 1.54) is 28.0 Å². The summed E-state index contributed by atoms with van der Waals surface area (Å²) in [6.07, 6.45) is 1.61. The second-order valence-corrected chi connectivity index (χ2v) is 6.86. The van der Waals surface area contributed by atoms with Crippen LogP contribution < -0.4 is 10.6 Å². The number of nitrogens with zero attached hydrogens (tertiary/aromatic N) is 3. The molecule has 0 aliphatic carbocycles. The van der Waals surface area contributed by atoms with Crippen LogP contribution in [-0.2, 0) is 16.1 Å². The molecule has 124 valence electrons. The summed E-state index contributed by atoms with van der Waals surface area (Å²) >= 11 is 2.64. The highest BCUT2D eigenvalue weighted by Crippen LogP contribution is 2.25. The van der Waals surface area contributed by atoms with E-state index in [2.05, 4.69) is 20.8 Å². The van der Waals surface area contributed by atoms with E-state index in [9.17, 15) is 9.59 Å². The lowest BCUT2D eigenvalue weighted by atomic mass is 10.4. The maximum atomic E-state index is 11.7. The molecule has 2 aromatic heterocycles. The number of thioether (sulfide) groups is 1. The molecule has 2 heterocycles. The second-order valence-electron chi connectivity index (χ2n) is 4.66. The molecule has 2 aromatic rings. The predicted octanol–water partition coefficient (Wildman–Crippen LogP) is 1.04. The minimum absolute atomic E-state index is 0.00152. The summed E-state index contributed by atoms with van der Waals surface area (Å²) in [5.41, 5.74) is 0. The highest BCUT2D eigenvalue weighted by molar-refractivity contribution is 8.01. The van der Waals surface area contributed by atoms with Gasteiger partial charge in [0.25, 0.3) is 0 Å². The minimum Gasteiger partial charge on any atom is -0.467 e. The number of hydrogen-bond donors (Lipinski definition) is 2. The summed E-state index contributed by atoms with van der Waals surface area (Å²) in [5, 5.41) is 14.3. The van der Waals surface area contributed by atoms with Crippen molar-refractivity contribution in [2.24, 2.45) is 0 Å². The van der Waals surface area contributed by atoms with Crippen LogP contribution in [0.5, 0.6) is 0 Å². The summed E-state index contributed by atoms with van der Waals surface area (Å²) in [7, 11) is 3.28. The second kappa shape index (κ2) is 8.53. The topological polar surface area (TPSA) is 100 Å². The van der Waals surface area contributed by atoms with E-state index in [0.717, 1.165) is 5.76 Å². The molecular weight excluding hydrogens is 338 g/mol. The number of hydrogen-bond acceptors (Lipinski definition) is 8. The molecule has 0 saturated heterocycles. The van der Waals surface area contributed by atoms with Crippen molar-refractivity contribution in [1.29, 1.82) is 0 Å². The standard InChI is InChI=1S/C13H17N5O3S2/c1-18(2)11(20)7-14-10(19)8-22-13-17-16-12(23-13)15-6-9-4-3-5-21-9/h3-5H,6-8H2,1-2H3,(H,14,19)(H,15,16). The highest BCUT2D eigenvalue weighted by Gasteiger charge is 2.10. The zero-order chi connectivity index (χ0) is 16.7. The van der Waals surface area contributed by atoms with Crippen molar-refractivity contribution in [2.45, 2.75) is 10.9 Å². The van der Waals surface area contributed by atoms with Crippen LogP contribution in [0, 0.1) is 0 Å². The molecule has 23 heavy (non-hydrogen) atoms. The lowest BCUT2D eigenvalue weighted by molar-refractivity contribution is -0.130. The Morgan fingerprint density at radius 3 is 2.91 bits per heavy atom. The van der Waals surface area contributed by atoms with Crippen molar-refractivity contribution in [3.8, 4) is 0 Å². The zero-order valence-corrected chi connectivity index (χ0v) is 14.4. The van der Waals surface area contributed by atoms with Crippen LogP contribution >= 0.6 is 23.1 Å². The van der Waals surface area contributed by atoms with Crippen LogP contribution in [0.3, 0.4) is 0 Å². The first-order valence-electron chi connectivity index (χ1n) is 6.74. The number of carbonyl (C=O) groups excluding carboxylic acids is 2. The number of furan rings is 1. The van der Waals surface area contributed by atoms with Crippen LogP contribution in [0.2, 0.25) is 0 Å². The Kier molecular flexibility index (Phi) is 6.41. The summed E-state index contributed by atoms with van der Waals surface area (Å²) in [4.78, 5) is 24.4. The molecule has 0 atom stereocenters. The van der Waals surface area contributed by atoms with E-state index in [-0.39, 0.29) is 24.1 Å². The third-order valence-electron chi connectivity index (χ3n) is 2.66. The fraction of sp³-hybridized carbons (Fsp3) is 0.385. The molecule has 0 radical (unpaired) electrons. The van der Waals surface area contributed by atoms with E-state index < -0.39 is 0 Å². The van der Waals surface area contributed by atoms with Crippen molar-refractivity contribution in [3.05, 3.63) is 24.2 Å². The average molecular weight is 355 g/mol. The number of nitrogens with one attached hydrogen (secondary N) is 2. The smallest absolute Gasteiger partial charge is 0.241 e. The van der Waals surface area contributed by atoms with Gasteiger partial charge in [0, 0.05) is 14.1 Å². The summed E-state index contributed by atoms with van der Waals surface area (Å²) in [6.45, 7) is 0.526. The van der Waals surface area contributed by atoms with E-state index in [4.69, 9.17) is 4.42 Å². The van der Waals surface area contributed by atoms with Crippen LogP contribution in [-0.4, -0.2) is 53.3 Å². The first-order valence-corrected chi connectivity index (χ1v) is 8.54. The third kappa shape index (κ3) is 5.91. The summed E-state index contributed by atoms with van der Waals surface area (Å²) < 4.78 is 5.89. The zero-order valence-electron chi connectivity index (χ0n) is 12.7. The molecule has 2 N–H and O–H groups in total. The molecule has 0 aliphatic heterocycles. The van der Waals surface area contributed by atoms with Crippen LogP contribution in [0.1, 0.15) is 5.76 Å². The van der Waals surface area contributed by atoms with E-state index >= 15 is 0 Å². The van der Waals surface area contributed by atoms with Gasteiger partial charge in [0.05, 0.1) is 25.1 Å². The third-order valence-corrected chi connectivity index (χ3v) is 4.68. The molecule has 0 fully saturated rings. The number of likely N-dealkylation sites (N-methyl/N-ethyl adjacent to an activating group) is 1. The first-order chi connectivity index (χ1) is 11.0. The molecule has 0 aliphatic rings. The van der Waals surface area contributed by atoms with Gasteiger partial charge in [-0.05, 0) is 12.1 Å². The van der Waals surface area contributed by atoms with Crippen LogP contribution in [0.25, 0.3) is 0 Å². The van der Waals surface area contributed by atoms with Crippen molar-refractivity contribution in [1.82, 2.24) is 20.4 Å². The monoisotopic (exact) mass is 355 g/mol. The van der Waals surface area contributed by atoms with Gasteiger partial charge in [-0.1, -0.05) is 23.1 Å². The van der Waals surface area contributed by atoms with Crippen LogP contribution in [0.15, 0.2) is 27.2 Å². The fourth-order valence-corrected chi connectivity index (χ4v) is 3.00. The lowest BCUT2D eigenvalue weighted by Crippen LogP contribution is -2.36. The van der Waals surface area contributed by atoms with Gasteiger partial charge in [-0.15, -0.1) is 10.2 Å². The van der Waals surface area contributed by atoms with Crippen LogP contribution in [0.4, 0.5) is 5.13 Å². The van der Waals surface area contributed by atoms with Crippen molar-refractivity contribution in [3.63, 3.8) is 0 Å². The maximum Gasteiger partial charge on any atom is 0.241 e. The number of anilines is 1. The van der Waals surface area contributed by atoms with Gasteiger partial charge in [0.15, 0.2) is 4.34 Å². The van der Waals surface area contributed by atoms with Crippen molar-refractivity contribution in [2.75, 3.05) is 31.7 Å². The summed E-state index contributed by atoms with van der Waals surface area (Å²) in [5.74, 6) is 0.626. The van der Waals surface area contributed by atoms with Gasteiger partial charge in [0.2, 0.25) is 16.9 Å². The quantitative estimate of drug-likeness (QED) is 0.682. The number of carbonyl (C=O) groups is 2. The van der Waals surface area contributed by atoms with Gasteiger partial charge < -0.3 is 20.0 Å². The minimum atomic E-state index is -0.217. The molecule has 0 unspecified atom stereocenters. The molecule has 0 saturated carbocycles. The maximum absolute atomic E-state index is 11.7. The SMILES string of the molecule is CN(C)C(=O)CNC(=O)CSc1nnc(NCc2ccco2)s1. The number of aromatic nitrogens is 2. The predicted molar refractivity (Wildman–Crippen MR) is 88.4 cm³/mol. The number of rotatable bonds is 8. The fourth-order valence-electron chi connectivity index (χ4n) is 1.43. The average Bonchev–Trinajstić information content (AvgIpc) is 3.19. The van der Waals surface area contributed by atoms with E-state index in [1.807, 2.05) is 12.1 Å². The number of amides is 2. The van der Waals surface area contributed by atoms with Crippen molar-refractivity contribution >= 4 is 40.0 Å². The summed E-state index contributed by atoms with van der Waals surface area (Å²) in [6, 6.07) is 3.68. The Bertz CT molecular complexity index is 642. The van der Waals surface area contributed by atoms with E-state index in [1.54, 1.807) is 20.4 Å². The molecule has 10 heteroatoms.